The monoisotopic (exact) mass is 400 g/mol. The van der Waals surface area contributed by atoms with E-state index >= 15 is 0 Å². The van der Waals surface area contributed by atoms with Gasteiger partial charge in [-0.05, 0) is 42.0 Å². The molecular formula is C21H29BF4O2. The number of rotatable bonds is 6. The van der Waals surface area contributed by atoms with E-state index in [1.807, 2.05) is 0 Å². The van der Waals surface area contributed by atoms with E-state index in [-0.39, 0.29) is 18.9 Å². The van der Waals surface area contributed by atoms with Crippen LogP contribution in [0.4, 0.5) is 17.6 Å². The van der Waals surface area contributed by atoms with Crippen molar-refractivity contribution in [1.82, 2.24) is 0 Å². The quantitative estimate of drug-likeness (QED) is 0.471. The third-order valence-electron chi connectivity index (χ3n) is 6.37. The predicted molar refractivity (Wildman–Crippen MR) is 103 cm³/mol. The highest BCUT2D eigenvalue weighted by atomic mass is 19.4. The highest BCUT2D eigenvalue weighted by molar-refractivity contribution is 6.11. The van der Waals surface area contributed by atoms with E-state index in [9.17, 15) is 17.6 Å². The Bertz CT molecular complexity index is 644. The zero-order valence-corrected chi connectivity index (χ0v) is 16.6. The number of alkyl halides is 4. The Labute approximate surface area is 165 Å². The van der Waals surface area contributed by atoms with Crippen LogP contribution in [-0.4, -0.2) is 26.5 Å². The van der Waals surface area contributed by atoms with Crippen LogP contribution in [0, 0.1) is 11.8 Å². The van der Waals surface area contributed by atoms with Gasteiger partial charge in [-0.15, -0.1) is 0 Å². The maximum absolute atomic E-state index is 14.7. The van der Waals surface area contributed by atoms with Gasteiger partial charge in [-0.3, -0.25) is 0 Å². The van der Waals surface area contributed by atoms with E-state index in [1.165, 1.54) is 12.8 Å². The highest BCUT2D eigenvalue weighted by Crippen LogP contribution is 2.39. The van der Waals surface area contributed by atoms with Crippen LogP contribution in [0.1, 0.15) is 56.6 Å². The van der Waals surface area contributed by atoms with Crippen LogP contribution in [0.15, 0.2) is 18.2 Å². The zero-order chi connectivity index (χ0) is 20.3. The molecule has 1 aliphatic heterocycles. The second-order valence-electron chi connectivity index (χ2n) is 8.39. The molecular weight excluding hydrogens is 371 g/mol. The molecule has 1 fully saturated rings. The molecule has 1 aliphatic carbocycles. The summed E-state index contributed by atoms with van der Waals surface area (Å²) in [6.07, 6.45) is -1.62. The van der Waals surface area contributed by atoms with Gasteiger partial charge in [-0.25, -0.2) is 4.39 Å². The minimum absolute atomic E-state index is 0.119. The fourth-order valence-electron chi connectivity index (χ4n) is 4.56. The summed E-state index contributed by atoms with van der Waals surface area (Å²) < 4.78 is 63.6. The molecule has 156 valence electrons. The first kappa shape index (κ1) is 21.5. The third kappa shape index (κ3) is 5.22. The summed E-state index contributed by atoms with van der Waals surface area (Å²) in [4.78, 5) is 0. The molecule has 0 radical (unpaired) electrons. The van der Waals surface area contributed by atoms with Crippen molar-refractivity contribution in [3.8, 4) is 5.75 Å². The van der Waals surface area contributed by atoms with Crippen LogP contribution in [0.5, 0.6) is 5.75 Å². The lowest BCUT2D eigenvalue weighted by Crippen LogP contribution is -2.36. The number of fused-ring (bicyclic) bond motifs is 1. The maximum atomic E-state index is 14.7. The van der Waals surface area contributed by atoms with Gasteiger partial charge in [0.25, 0.3) is 0 Å². The largest absolute Gasteiger partial charge is 0.460 e. The summed E-state index contributed by atoms with van der Waals surface area (Å²) >= 11 is 0. The van der Waals surface area contributed by atoms with Crippen molar-refractivity contribution in [1.29, 1.82) is 0 Å². The van der Waals surface area contributed by atoms with Crippen molar-refractivity contribution in [3.05, 3.63) is 29.3 Å². The molecule has 2 unspecified atom stereocenters. The zero-order valence-electron chi connectivity index (χ0n) is 16.6. The Morgan fingerprint density at radius 1 is 1.14 bits per heavy atom. The van der Waals surface area contributed by atoms with Crippen molar-refractivity contribution < 1.29 is 27.0 Å². The Balaban J connectivity index is 1.54. The van der Waals surface area contributed by atoms with Crippen LogP contribution in [-0.2, 0) is 17.8 Å². The van der Waals surface area contributed by atoms with Gasteiger partial charge < -0.3 is 9.47 Å². The fourth-order valence-corrected chi connectivity index (χ4v) is 4.56. The van der Waals surface area contributed by atoms with Gasteiger partial charge in [0.05, 0.1) is 6.61 Å². The van der Waals surface area contributed by atoms with Crippen molar-refractivity contribution in [2.45, 2.75) is 82.9 Å². The minimum atomic E-state index is -4.37. The number of hydrogen-bond donors (Lipinski definition) is 0. The van der Waals surface area contributed by atoms with E-state index in [0.717, 1.165) is 25.7 Å². The van der Waals surface area contributed by atoms with E-state index in [2.05, 4.69) is 14.8 Å². The molecule has 1 saturated carbocycles. The Hall–Kier alpha value is -1.24. The van der Waals surface area contributed by atoms with Gasteiger partial charge in [0.2, 0.25) is 6.36 Å². The Morgan fingerprint density at radius 2 is 1.82 bits per heavy atom. The van der Waals surface area contributed by atoms with Gasteiger partial charge in [-0.2, -0.15) is 13.2 Å². The van der Waals surface area contributed by atoms with E-state index in [0.29, 0.717) is 28.6 Å². The summed E-state index contributed by atoms with van der Waals surface area (Å²) in [7, 11) is 2.29. The molecule has 2 aliphatic rings. The van der Waals surface area contributed by atoms with Crippen LogP contribution in [0.3, 0.4) is 0 Å². The molecule has 0 aromatic heterocycles. The summed E-state index contributed by atoms with van der Waals surface area (Å²) in [6.45, 7) is 2.06. The molecule has 1 heterocycles. The topological polar surface area (TPSA) is 18.5 Å². The van der Waals surface area contributed by atoms with Crippen LogP contribution in [0.25, 0.3) is 0 Å². The third-order valence-corrected chi connectivity index (χ3v) is 6.37. The number of ether oxygens (including phenoxy) is 2. The first-order valence-corrected chi connectivity index (χ1v) is 10.4. The highest BCUT2D eigenvalue weighted by Gasteiger charge is 2.42. The van der Waals surface area contributed by atoms with Gasteiger partial charge in [0.15, 0.2) is 6.10 Å². The first-order chi connectivity index (χ1) is 13.3. The number of benzene rings is 1. The lowest BCUT2D eigenvalue weighted by molar-refractivity contribution is -0.226. The van der Waals surface area contributed by atoms with Crippen molar-refractivity contribution in [2.75, 3.05) is 0 Å². The van der Waals surface area contributed by atoms with Gasteiger partial charge in [0, 0.05) is 12.3 Å². The van der Waals surface area contributed by atoms with Crippen molar-refractivity contribution >= 4 is 7.85 Å². The Kier molecular flexibility index (Phi) is 6.95. The average molecular weight is 400 g/mol. The molecule has 1 aromatic rings. The molecule has 0 N–H and O–H groups in total. The normalized spacial score (nSPS) is 27.7. The van der Waals surface area contributed by atoms with Crippen LogP contribution in [0.2, 0.25) is 5.82 Å². The smallest absolute Gasteiger partial charge is 0.414 e. The van der Waals surface area contributed by atoms with Gasteiger partial charge in [0.1, 0.15) is 13.6 Å². The molecule has 0 saturated heterocycles. The average Bonchev–Trinajstić information content (AvgIpc) is 2.67. The fraction of sp³-hybridized carbons (Fsp3) is 0.714. The molecule has 28 heavy (non-hydrogen) atoms. The molecule has 2 nitrogen and oxygen atoms in total. The molecule has 0 amide bonds. The van der Waals surface area contributed by atoms with E-state index in [1.54, 1.807) is 18.2 Å². The SMILES string of the molecule is BC(CCC)C1CCC([C@@H](F)Oc2ccc3c(c2)COC(C(F)(F)F)C3)CC1. The number of hydrogen-bond acceptors (Lipinski definition) is 2. The van der Waals surface area contributed by atoms with Crippen LogP contribution < -0.4 is 4.74 Å². The molecule has 7 heteroatoms. The summed E-state index contributed by atoms with van der Waals surface area (Å²) in [5.41, 5.74) is 1.23. The number of halogens is 4. The lowest BCUT2D eigenvalue weighted by atomic mass is 9.66. The van der Waals surface area contributed by atoms with Crippen molar-refractivity contribution in [2.24, 2.45) is 11.8 Å². The molecule has 0 spiro atoms. The second kappa shape index (κ2) is 9.06. The standard InChI is InChI=1S/C21H29BF4O2/c1-2-3-18(22)13-4-6-14(7-5-13)20(23)28-17-9-8-15-11-19(21(24,25)26)27-12-16(15)10-17/h8-10,13-14,18-20H,2-7,11-12,22H2,1H3/t13?,14?,18?,19?,20-/m0/s1. The maximum Gasteiger partial charge on any atom is 0.414 e. The summed E-state index contributed by atoms with van der Waals surface area (Å²) in [5.74, 6) is 1.60. The van der Waals surface area contributed by atoms with Gasteiger partial charge in [-0.1, -0.05) is 44.5 Å². The molecule has 3 rings (SSSR count). The summed E-state index contributed by atoms with van der Waals surface area (Å²) in [5, 5.41) is 0. The van der Waals surface area contributed by atoms with Crippen molar-refractivity contribution in [3.63, 3.8) is 0 Å². The second-order valence-corrected chi connectivity index (χ2v) is 8.39. The van der Waals surface area contributed by atoms with E-state index < -0.39 is 18.6 Å². The molecule has 3 atom stereocenters. The van der Waals surface area contributed by atoms with E-state index in [4.69, 9.17) is 9.47 Å². The van der Waals surface area contributed by atoms with Crippen LogP contribution >= 0.6 is 0 Å². The first-order valence-electron chi connectivity index (χ1n) is 10.4. The predicted octanol–water partition coefficient (Wildman–Crippen LogP) is 5.39. The lowest BCUT2D eigenvalue weighted by Gasteiger charge is -2.33. The van der Waals surface area contributed by atoms with Gasteiger partial charge >= 0.3 is 6.18 Å². The Morgan fingerprint density at radius 3 is 2.46 bits per heavy atom. The summed E-state index contributed by atoms with van der Waals surface area (Å²) in [6, 6.07) is 4.78. The molecule has 1 aromatic carbocycles. The molecule has 0 bridgehead atoms. The minimum Gasteiger partial charge on any atom is -0.460 e.